The second-order valence-electron chi connectivity index (χ2n) is 8.70. The number of hydrogen-bond acceptors (Lipinski definition) is 0. The molecule has 4 rings (SSSR count). The fourth-order valence-corrected chi connectivity index (χ4v) is 5.05. The zero-order chi connectivity index (χ0) is 20.4. The SMILES string of the molecule is CCCCC1CCC(c2ccc(C3=Cc4ccc(F)c(F)c4CC3)c(F)c2)CC1. The normalized spacial score (nSPS) is 21.6. The van der Waals surface area contributed by atoms with Crippen molar-refractivity contribution < 1.29 is 13.2 Å². The molecule has 0 amide bonds. The third-order valence-electron chi connectivity index (χ3n) is 6.83. The van der Waals surface area contributed by atoms with E-state index >= 15 is 0 Å². The predicted octanol–water partition coefficient (Wildman–Crippen LogP) is 8.05. The molecular formula is C26H29F3. The van der Waals surface area contributed by atoms with Gasteiger partial charge < -0.3 is 0 Å². The molecule has 0 atom stereocenters. The first-order chi connectivity index (χ1) is 14.1. The van der Waals surface area contributed by atoms with E-state index in [0.717, 1.165) is 36.0 Å². The fraction of sp³-hybridized carbons (Fsp3) is 0.462. The van der Waals surface area contributed by atoms with E-state index in [1.165, 1.54) is 32.1 Å². The van der Waals surface area contributed by atoms with Crippen LogP contribution in [0.2, 0.25) is 0 Å². The van der Waals surface area contributed by atoms with Crippen molar-refractivity contribution >= 4 is 11.6 Å². The van der Waals surface area contributed by atoms with Gasteiger partial charge in [0, 0.05) is 5.56 Å². The molecule has 29 heavy (non-hydrogen) atoms. The van der Waals surface area contributed by atoms with Crippen LogP contribution in [-0.4, -0.2) is 0 Å². The van der Waals surface area contributed by atoms with Crippen LogP contribution in [0.4, 0.5) is 13.2 Å². The van der Waals surface area contributed by atoms with E-state index in [0.29, 0.717) is 35.4 Å². The third-order valence-corrected chi connectivity index (χ3v) is 6.83. The van der Waals surface area contributed by atoms with Crippen LogP contribution >= 0.6 is 0 Å². The van der Waals surface area contributed by atoms with Gasteiger partial charge in [0.25, 0.3) is 0 Å². The first-order valence-electron chi connectivity index (χ1n) is 11.0. The number of unbranched alkanes of at least 4 members (excludes halogenated alkanes) is 1. The van der Waals surface area contributed by atoms with Crippen molar-refractivity contribution in [3.8, 4) is 0 Å². The highest BCUT2D eigenvalue weighted by molar-refractivity contribution is 5.84. The predicted molar refractivity (Wildman–Crippen MR) is 113 cm³/mol. The van der Waals surface area contributed by atoms with Crippen LogP contribution in [0.15, 0.2) is 30.3 Å². The van der Waals surface area contributed by atoms with Gasteiger partial charge in [0.15, 0.2) is 11.6 Å². The van der Waals surface area contributed by atoms with Crippen LogP contribution in [0.25, 0.3) is 11.6 Å². The maximum Gasteiger partial charge on any atom is 0.162 e. The molecule has 0 aliphatic heterocycles. The molecular weight excluding hydrogens is 369 g/mol. The highest BCUT2D eigenvalue weighted by Gasteiger charge is 2.24. The average molecular weight is 399 g/mol. The minimum atomic E-state index is -0.819. The molecule has 2 aromatic rings. The summed E-state index contributed by atoms with van der Waals surface area (Å²) in [5.41, 5.74) is 3.59. The van der Waals surface area contributed by atoms with E-state index in [9.17, 15) is 13.2 Å². The van der Waals surface area contributed by atoms with Crippen molar-refractivity contribution in [1.29, 1.82) is 0 Å². The van der Waals surface area contributed by atoms with Crippen LogP contribution in [0, 0.1) is 23.4 Å². The van der Waals surface area contributed by atoms with Crippen LogP contribution in [0.3, 0.4) is 0 Å². The number of allylic oxidation sites excluding steroid dienone is 1. The summed E-state index contributed by atoms with van der Waals surface area (Å²) in [7, 11) is 0. The molecule has 1 saturated carbocycles. The van der Waals surface area contributed by atoms with Crippen LogP contribution in [-0.2, 0) is 6.42 Å². The van der Waals surface area contributed by atoms with Gasteiger partial charge in [-0.1, -0.05) is 50.5 Å². The first kappa shape index (κ1) is 20.3. The molecule has 154 valence electrons. The second kappa shape index (κ2) is 8.77. The Morgan fingerprint density at radius 1 is 0.897 bits per heavy atom. The van der Waals surface area contributed by atoms with E-state index in [2.05, 4.69) is 13.0 Å². The lowest BCUT2D eigenvalue weighted by atomic mass is 9.76. The topological polar surface area (TPSA) is 0 Å². The number of rotatable bonds is 5. The van der Waals surface area contributed by atoms with E-state index in [1.807, 2.05) is 6.07 Å². The Hall–Kier alpha value is -2.03. The van der Waals surface area contributed by atoms with E-state index < -0.39 is 11.6 Å². The largest absolute Gasteiger partial charge is 0.206 e. The smallest absolute Gasteiger partial charge is 0.162 e. The minimum Gasteiger partial charge on any atom is -0.206 e. The van der Waals surface area contributed by atoms with Crippen molar-refractivity contribution in [2.24, 2.45) is 5.92 Å². The molecule has 1 fully saturated rings. The molecule has 0 heterocycles. The summed E-state index contributed by atoms with van der Waals surface area (Å²) in [6.07, 6.45) is 11.4. The lowest BCUT2D eigenvalue weighted by Crippen LogP contribution is -2.13. The Labute approximate surface area is 171 Å². The lowest BCUT2D eigenvalue weighted by molar-refractivity contribution is 0.304. The summed E-state index contributed by atoms with van der Waals surface area (Å²) < 4.78 is 42.4. The summed E-state index contributed by atoms with van der Waals surface area (Å²) in [5.74, 6) is -0.501. The monoisotopic (exact) mass is 398 g/mol. The minimum absolute atomic E-state index is 0.201. The number of fused-ring (bicyclic) bond motifs is 1. The molecule has 0 aromatic heterocycles. The molecule has 0 N–H and O–H groups in total. The fourth-order valence-electron chi connectivity index (χ4n) is 5.05. The van der Waals surface area contributed by atoms with Crippen LogP contribution < -0.4 is 0 Å². The van der Waals surface area contributed by atoms with Gasteiger partial charge in [-0.2, -0.15) is 0 Å². The van der Waals surface area contributed by atoms with Crippen molar-refractivity contribution in [3.05, 3.63) is 70.0 Å². The van der Waals surface area contributed by atoms with Gasteiger partial charge in [-0.05, 0) is 84.8 Å². The standard InChI is InChI=1S/C26H29F3/c1-2-3-4-17-5-7-18(8-6-17)19-9-12-22(25(28)16-19)20-10-13-23-21(15-20)11-14-24(27)26(23)29/h9,11-12,14-18H,2-8,10,13H2,1H3. The van der Waals surface area contributed by atoms with E-state index in [-0.39, 0.29) is 5.82 Å². The molecule has 0 radical (unpaired) electrons. The summed E-state index contributed by atoms with van der Waals surface area (Å²) in [5, 5.41) is 0. The van der Waals surface area contributed by atoms with Crippen molar-refractivity contribution in [3.63, 3.8) is 0 Å². The zero-order valence-electron chi connectivity index (χ0n) is 17.1. The molecule has 2 aliphatic rings. The van der Waals surface area contributed by atoms with Crippen molar-refractivity contribution in [2.45, 2.75) is 70.6 Å². The lowest BCUT2D eigenvalue weighted by Gasteiger charge is -2.29. The molecule has 0 saturated heterocycles. The van der Waals surface area contributed by atoms with Gasteiger partial charge in [-0.25, -0.2) is 13.2 Å². The Kier molecular flexibility index (Phi) is 6.12. The maximum atomic E-state index is 15.0. The summed E-state index contributed by atoms with van der Waals surface area (Å²) in [4.78, 5) is 0. The van der Waals surface area contributed by atoms with Gasteiger partial charge in [-0.3, -0.25) is 0 Å². The maximum absolute atomic E-state index is 15.0. The second-order valence-corrected chi connectivity index (χ2v) is 8.70. The van der Waals surface area contributed by atoms with Gasteiger partial charge in [0.2, 0.25) is 0 Å². The molecule has 0 nitrogen and oxygen atoms in total. The zero-order valence-corrected chi connectivity index (χ0v) is 17.1. The van der Waals surface area contributed by atoms with Crippen molar-refractivity contribution in [1.82, 2.24) is 0 Å². The Balaban J connectivity index is 1.50. The first-order valence-corrected chi connectivity index (χ1v) is 11.0. The number of benzene rings is 2. The Morgan fingerprint density at radius 3 is 2.41 bits per heavy atom. The molecule has 2 aromatic carbocycles. The summed E-state index contributed by atoms with van der Waals surface area (Å²) in [6, 6.07) is 8.37. The Bertz CT molecular complexity index is 904. The number of hydrogen-bond donors (Lipinski definition) is 0. The van der Waals surface area contributed by atoms with Gasteiger partial charge in [0.05, 0.1) is 0 Å². The number of halogens is 3. The molecule has 0 bridgehead atoms. The third kappa shape index (κ3) is 4.29. The molecule has 0 unspecified atom stereocenters. The molecule has 2 aliphatic carbocycles. The highest BCUT2D eigenvalue weighted by atomic mass is 19.2. The van der Waals surface area contributed by atoms with Crippen LogP contribution in [0.5, 0.6) is 0 Å². The summed E-state index contributed by atoms with van der Waals surface area (Å²) >= 11 is 0. The molecule has 0 spiro atoms. The van der Waals surface area contributed by atoms with Gasteiger partial charge >= 0.3 is 0 Å². The average Bonchev–Trinajstić information content (AvgIpc) is 2.75. The van der Waals surface area contributed by atoms with Crippen molar-refractivity contribution in [2.75, 3.05) is 0 Å². The summed E-state index contributed by atoms with van der Waals surface area (Å²) in [6.45, 7) is 2.24. The van der Waals surface area contributed by atoms with E-state index in [1.54, 1.807) is 18.2 Å². The quantitative estimate of drug-likeness (QED) is 0.478. The highest BCUT2D eigenvalue weighted by Crippen LogP contribution is 2.39. The van der Waals surface area contributed by atoms with Crippen LogP contribution in [0.1, 0.15) is 86.5 Å². The Morgan fingerprint density at radius 2 is 1.69 bits per heavy atom. The molecule has 3 heteroatoms. The van der Waals surface area contributed by atoms with Gasteiger partial charge in [-0.15, -0.1) is 0 Å². The van der Waals surface area contributed by atoms with E-state index in [4.69, 9.17) is 0 Å². The van der Waals surface area contributed by atoms with Gasteiger partial charge in [0.1, 0.15) is 5.82 Å².